The van der Waals surface area contributed by atoms with Crippen molar-refractivity contribution in [1.82, 2.24) is 9.88 Å². The molecule has 1 heterocycles. The number of hydrogen-bond acceptors (Lipinski definition) is 3. The second kappa shape index (κ2) is 6.65. The van der Waals surface area contributed by atoms with Crippen LogP contribution in [0.3, 0.4) is 0 Å². The smallest absolute Gasteiger partial charge is 0.237 e. The van der Waals surface area contributed by atoms with Crippen LogP contribution in [0.5, 0.6) is 0 Å². The third kappa shape index (κ3) is 4.34. The Morgan fingerprint density at radius 1 is 1.52 bits per heavy atom. The largest absolute Gasteiger partial charge is 0.443 e. The predicted molar refractivity (Wildman–Crippen MR) is 83.2 cm³/mol. The minimum absolute atomic E-state index is 0.00327. The number of carbonyl (C=O) groups is 1. The van der Waals surface area contributed by atoms with Gasteiger partial charge in [0.25, 0.3) is 0 Å². The van der Waals surface area contributed by atoms with Gasteiger partial charge in [0.1, 0.15) is 11.6 Å². The van der Waals surface area contributed by atoms with E-state index in [9.17, 15) is 4.79 Å². The average molecular weight is 311 g/mol. The number of allylic oxidation sites excluding steroid dienone is 1. The minimum Gasteiger partial charge on any atom is -0.443 e. The first-order chi connectivity index (χ1) is 9.90. The fourth-order valence-corrected chi connectivity index (χ4v) is 2.55. The summed E-state index contributed by atoms with van der Waals surface area (Å²) in [5.41, 5.74) is -0.131. The van der Waals surface area contributed by atoms with Gasteiger partial charge in [0, 0.05) is 12.0 Å². The van der Waals surface area contributed by atoms with Crippen LogP contribution in [0.4, 0.5) is 0 Å². The molecule has 1 aromatic heterocycles. The zero-order valence-electron chi connectivity index (χ0n) is 12.9. The summed E-state index contributed by atoms with van der Waals surface area (Å²) < 4.78 is 5.77. The van der Waals surface area contributed by atoms with Gasteiger partial charge in [-0.1, -0.05) is 32.9 Å². The van der Waals surface area contributed by atoms with Crippen molar-refractivity contribution in [1.29, 1.82) is 0 Å². The van der Waals surface area contributed by atoms with Gasteiger partial charge in [-0.3, -0.25) is 4.79 Å². The Bertz CT molecular complexity index is 517. The van der Waals surface area contributed by atoms with Gasteiger partial charge in [-0.25, -0.2) is 4.98 Å². The molecule has 4 nitrogen and oxygen atoms in total. The lowest BCUT2D eigenvalue weighted by Crippen LogP contribution is -2.35. The van der Waals surface area contributed by atoms with Crippen LogP contribution < -0.4 is 0 Å². The van der Waals surface area contributed by atoms with Gasteiger partial charge in [-0.2, -0.15) is 0 Å². The highest BCUT2D eigenvalue weighted by molar-refractivity contribution is 6.27. The van der Waals surface area contributed by atoms with Crippen LogP contribution in [0, 0.1) is 5.92 Å². The zero-order chi connectivity index (χ0) is 15.5. The van der Waals surface area contributed by atoms with Crippen molar-refractivity contribution in [3.05, 3.63) is 30.0 Å². The normalized spacial score (nSPS) is 18.2. The van der Waals surface area contributed by atoms with E-state index in [4.69, 9.17) is 16.0 Å². The lowest BCUT2D eigenvalue weighted by atomic mass is 9.97. The number of hydrogen-bond donors (Lipinski definition) is 0. The lowest BCUT2D eigenvalue weighted by Gasteiger charge is -2.23. The van der Waals surface area contributed by atoms with E-state index in [1.165, 1.54) is 0 Å². The number of aromatic nitrogens is 1. The number of alkyl halides is 1. The number of carbonyl (C=O) groups excluding carboxylic acids is 1. The van der Waals surface area contributed by atoms with Crippen molar-refractivity contribution in [2.75, 3.05) is 12.4 Å². The van der Waals surface area contributed by atoms with Gasteiger partial charge < -0.3 is 9.32 Å². The van der Waals surface area contributed by atoms with Gasteiger partial charge in [-0.15, -0.1) is 11.6 Å². The molecule has 1 aliphatic carbocycles. The first-order valence-electron chi connectivity index (χ1n) is 7.35. The van der Waals surface area contributed by atoms with E-state index in [1.54, 1.807) is 11.1 Å². The Morgan fingerprint density at radius 2 is 2.29 bits per heavy atom. The number of oxazole rings is 1. The summed E-state index contributed by atoms with van der Waals surface area (Å²) in [6, 6.07) is 0. The van der Waals surface area contributed by atoms with Gasteiger partial charge in [0.15, 0.2) is 5.89 Å². The van der Waals surface area contributed by atoms with E-state index in [1.807, 2.05) is 20.8 Å². The minimum atomic E-state index is -0.131. The average Bonchev–Trinajstić information content (AvgIpc) is 3.07. The van der Waals surface area contributed by atoms with E-state index >= 15 is 0 Å². The molecular formula is C16H23ClN2O2. The summed E-state index contributed by atoms with van der Waals surface area (Å²) in [7, 11) is 0. The third-order valence-electron chi connectivity index (χ3n) is 3.58. The van der Waals surface area contributed by atoms with Crippen LogP contribution in [0.1, 0.15) is 45.3 Å². The fourth-order valence-electron chi connectivity index (χ4n) is 2.38. The number of nitrogens with zero attached hydrogens (tertiary/aromatic N) is 2. The summed E-state index contributed by atoms with van der Waals surface area (Å²) in [6.45, 7) is 7.27. The van der Waals surface area contributed by atoms with Crippen molar-refractivity contribution >= 4 is 17.5 Å². The molecule has 116 valence electrons. The maximum atomic E-state index is 12.0. The molecule has 0 N–H and O–H groups in total. The molecule has 0 aliphatic heterocycles. The summed E-state index contributed by atoms with van der Waals surface area (Å²) >= 11 is 5.72. The second-order valence-corrected chi connectivity index (χ2v) is 6.82. The van der Waals surface area contributed by atoms with Gasteiger partial charge >= 0.3 is 0 Å². The van der Waals surface area contributed by atoms with Crippen LogP contribution in [0.2, 0.25) is 0 Å². The molecule has 1 atom stereocenters. The predicted octanol–water partition coefficient (Wildman–Crippen LogP) is 3.51. The summed E-state index contributed by atoms with van der Waals surface area (Å²) in [6.07, 6.45) is 8.23. The van der Waals surface area contributed by atoms with E-state index in [0.29, 0.717) is 30.7 Å². The van der Waals surface area contributed by atoms with Crippen LogP contribution in [0.15, 0.2) is 22.8 Å². The monoisotopic (exact) mass is 310 g/mol. The van der Waals surface area contributed by atoms with E-state index in [2.05, 4.69) is 17.1 Å². The number of rotatable bonds is 5. The molecule has 0 spiro atoms. The molecule has 0 saturated heterocycles. The fraction of sp³-hybridized carbons (Fsp3) is 0.625. The highest BCUT2D eigenvalue weighted by Gasteiger charge is 2.23. The van der Waals surface area contributed by atoms with Crippen molar-refractivity contribution < 1.29 is 9.21 Å². The molecule has 5 heteroatoms. The first kappa shape index (κ1) is 16.1. The highest BCUT2D eigenvalue weighted by Crippen LogP contribution is 2.23. The van der Waals surface area contributed by atoms with Gasteiger partial charge in [-0.05, 0) is 18.8 Å². The van der Waals surface area contributed by atoms with Crippen molar-refractivity contribution in [3.8, 4) is 0 Å². The van der Waals surface area contributed by atoms with Crippen molar-refractivity contribution in [2.24, 2.45) is 5.92 Å². The molecule has 1 aliphatic rings. The molecule has 1 aromatic rings. The standard InChI is InChI=1S/C16H23ClN2O2/c1-16(2,3)15-18-9-13(21-15)11-19(14(20)8-17)10-12-6-4-5-7-12/h4,6,9,12H,5,7-8,10-11H2,1-3H3. The molecule has 1 amide bonds. The molecular weight excluding hydrogens is 288 g/mol. The second-order valence-electron chi connectivity index (χ2n) is 6.56. The Hall–Kier alpha value is -1.29. The van der Waals surface area contributed by atoms with Crippen LogP contribution in [0.25, 0.3) is 0 Å². The Kier molecular flexibility index (Phi) is 5.09. The summed E-state index contributed by atoms with van der Waals surface area (Å²) in [5, 5.41) is 0. The molecule has 1 unspecified atom stereocenters. The van der Waals surface area contributed by atoms with E-state index in [-0.39, 0.29) is 17.2 Å². The summed E-state index contributed by atoms with van der Waals surface area (Å²) in [5.74, 6) is 1.75. The Morgan fingerprint density at radius 3 is 2.81 bits per heavy atom. The first-order valence-corrected chi connectivity index (χ1v) is 7.89. The van der Waals surface area contributed by atoms with E-state index in [0.717, 1.165) is 12.8 Å². The molecule has 0 saturated carbocycles. The zero-order valence-corrected chi connectivity index (χ0v) is 13.7. The molecule has 0 radical (unpaired) electrons. The molecule has 0 bridgehead atoms. The quantitative estimate of drug-likeness (QED) is 0.617. The molecule has 2 rings (SSSR count). The van der Waals surface area contributed by atoms with Gasteiger partial charge in [0.05, 0.1) is 12.7 Å². The topological polar surface area (TPSA) is 46.3 Å². The van der Waals surface area contributed by atoms with Crippen molar-refractivity contribution in [2.45, 2.75) is 45.6 Å². The van der Waals surface area contributed by atoms with Crippen LogP contribution in [-0.2, 0) is 16.8 Å². The number of amides is 1. The lowest BCUT2D eigenvalue weighted by molar-refractivity contribution is -0.129. The Balaban J connectivity index is 2.05. The van der Waals surface area contributed by atoms with Crippen molar-refractivity contribution in [3.63, 3.8) is 0 Å². The summed E-state index contributed by atoms with van der Waals surface area (Å²) in [4.78, 5) is 18.1. The van der Waals surface area contributed by atoms with Gasteiger partial charge in [0.2, 0.25) is 5.91 Å². The van der Waals surface area contributed by atoms with Crippen LogP contribution >= 0.6 is 11.6 Å². The molecule has 0 aromatic carbocycles. The van der Waals surface area contributed by atoms with Crippen LogP contribution in [-0.4, -0.2) is 28.2 Å². The maximum Gasteiger partial charge on any atom is 0.237 e. The maximum absolute atomic E-state index is 12.0. The number of halogens is 1. The van der Waals surface area contributed by atoms with E-state index < -0.39 is 0 Å². The Labute approximate surface area is 131 Å². The highest BCUT2D eigenvalue weighted by atomic mass is 35.5. The molecule has 0 fully saturated rings. The molecule has 21 heavy (non-hydrogen) atoms. The third-order valence-corrected chi connectivity index (χ3v) is 3.80. The SMILES string of the molecule is CC(C)(C)c1ncc(CN(CC2C=CCC2)C(=O)CCl)o1.